The molecule has 0 radical (unpaired) electrons. The maximum Gasteiger partial charge on any atom is 0.337 e. The molecule has 0 fully saturated rings. The molecule has 158 valence electrons. The summed E-state index contributed by atoms with van der Waals surface area (Å²) in [4.78, 5) is 23.7. The first-order chi connectivity index (χ1) is 15.0. The third-order valence-electron chi connectivity index (χ3n) is 4.39. The van der Waals surface area contributed by atoms with E-state index < -0.39 is 0 Å². The summed E-state index contributed by atoms with van der Waals surface area (Å²) in [7, 11) is 1.35. The van der Waals surface area contributed by atoms with E-state index in [-0.39, 0.29) is 11.9 Å². The van der Waals surface area contributed by atoms with Crippen molar-refractivity contribution in [1.82, 2.24) is 5.43 Å². The maximum atomic E-state index is 12.2. The normalized spacial score (nSPS) is 10.7. The predicted octanol–water partition coefficient (Wildman–Crippen LogP) is 4.78. The number of aryl methyl sites for hydroxylation is 1. The lowest BCUT2D eigenvalue weighted by molar-refractivity contribution is 0.0600. The van der Waals surface area contributed by atoms with E-state index in [1.54, 1.807) is 30.3 Å². The SMILES string of the molecule is COC(=O)c1ccc(COc2cccc(C=NNC(=O)c3ccc(C)cc3Cl)c2)cc1. The van der Waals surface area contributed by atoms with Gasteiger partial charge in [-0.1, -0.05) is 41.9 Å². The van der Waals surface area contributed by atoms with Gasteiger partial charge in [-0.25, -0.2) is 10.2 Å². The van der Waals surface area contributed by atoms with Crippen molar-refractivity contribution in [3.05, 3.63) is 99.6 Å². The molecule has 0 bridgehead atoms. The standard InChI is InChI=1S/C24H21ClN2O4/c1-16-6-11-21(22(25)12-16)23(28)27-26-14-18-4-3-5-20(13-18)31-15-17-7-9-19(10-8-17)24(29)30-2/h3-14H,15H2,1-2H3,(H,27,28). The Labute approximate surface area is 185 Å². The summed E-state index contributed by atoms with van der Waals surface area (Å²) in [5, 5.41) is 4.37. The van der Waals surface area contributed by atoms with Crippen molar-refractivity contribution in [2.75, 3.05) is 7.11 Å². The second-order valence-electron chi connectivity index (χ2n) is 6.73. The Morgan fingerprint density at radius 2 is 1.84 bits per heavy atom. The third kappa shape index (κ3) is 6.17. The number of amides is 1. The number of carbonyl (C=O) groups is 2. The number of carbonyl (C=O) groups excluding carboxylic acids is 2. The van der Waals surface area contributed by atoms with E-state index in [0.29, 0.717) is 28.5 Å². The lowest BCUT2D eigenvalue weighted by Gasteiger charge is -2.08. The molecular formula is C24H21ClN2O4. The quantitative estimate of drug-likeness (QED) is 0.328. The first kappa shape index (κ1) is 22.1. The van der Waals surface area contributed by atoms with Crippen molar-refractivity contribution < 1.29 is 19.1 Å². The van der Waals surface area contributed by atoms with Gasteiger partial charge in [-0.2, -0.15) is 5.10 Å². The third-order valence-corrected chi connectivity index (χ3v) is 4.70. The average Bonchev–Trinajstić information content (AvgIpc) is 2.77. The minimum atomic E-state index is -0.385. The van der Waals surface area contributed by atoms with Crippen LogP contribution in [0.1, 0.15) is 37.4 Å². The minimum Gasteiger partial charge on any atom is -0.489 e. The molecule has 0 heterocycles. The number of nitrogens with one attached hydrogen (secondary N) is 1. The van der Waals surface area contributed by atoms with Gasteiger partial charge in [-0.05, 0) is 60.0 Å². The molecule has 0 aromatic heterocycles. The van der Waals surface area contributed by atoms with Gasteiger partial charge < -0.3 is 9.47 Å². The van der Waals surface area contributed by atoms with Crippen molar-refractivity contribution in [2.24, 2.45) is 5.10 Å². The highest BCUT2D eigenvalue weighted by Crippen LogP contribution is 2.18. The molecule has 0 saturated heterocycles. The molecule has 0 atom stereocenters. The van der Waals surface area contributed by atoms with Gasteiger partial charge in [0, 0.05) is 0 Å². The van der Waals surface area contributed by atoms with Crippen LogP contribution in [-0.4, -0.2) is 25.2 Å². The molecule has 3 aromatic rings. The van der Waals surface area contributed by atoms with Crippen LogP contribution in [0.2, 0.25) is 5.02 Å². The van der Waals surface area contributed by atoms with Crippen molar-refractivity contribution in [1.29, 1.82) is 0 Å². The Bertz CT molecular complexity index is 1110. The zero-order valence-electron chi connectivity index (χ0n) is 17.1. The number of benzene rings is 3. The fourth-order valence-electron chi connectivity index (χ4n) is 2.74. The molecule has 3 rings (SSSR count). The first-order valence-electron chi connectivity index (χ1n) is 9.46. The van der Waals surface area contributed by atoms with Crippen molar-refractivity contribution in [2.45, 2.75) is 13.5 Å². The predicted molar refractivity (Wildman–Crippen MR) is 120 cm³/mol. The molecule has 1 N–H and O–H groups in total. The molecule has 7 heteroatoms. The van der Waals surface area contributed by atoms with Gasteiger partial charge >= 0.3 is 5.97 Å². The lowest BCUT2D eigenvalue weighted by atomic mass is 10.1. The number of hydrazone groups is 1. The monoisotopic (exact) mass is 436 g/mol. The molecule has 3 aromatic carbocycles. The fourth-order valence-corrected chi connectivity index (χ4v) is 3.06. The van der Waals surface area contributed by atoms with Gasteiger partial charge in [0.1, 0.15) is 12.4 Å². The number of methoxy groups -OCH3 is 1. The Balaban J connectivity index is 1.57. The number of esters is 1. The lowest BCUT2D eigenvalue weighted by Crippen LogP contribution is -2.18. The maximum absolute atomic E-state index is 12.2. The zero-order valence-corrected chi connectivity index (χ0v) is 17.8. The van der Waals surface area contributed by atoms with E-state index >= 15 is 0 Å². The number of nitrogens with zero attached hydrogens (tertiary/aromatic N) is 1. The highest BCUT2D eigenvalue weighted by atomic mass is 35.5. The smallest absolute Gasteiger partial charge is 0.337 e. The van der Waals surface area contributed by atoms with Gasteiger partial charge in [0.25, 0.3) is 5.91 Å². The molecule has 0 aliphatic heterocycles. The van der Waals surface area contributed by atoms with E-state index in [4.69, 9.17) is 16.3 Å². The van der Waals surface area contributed by atoms with Crippen LogP contribution in [0.5, 0.6) is 5.75 Å². The zero-order chi connectivity index (χ0) is 22.2. The van der Waals surface area contributed by atoms with Crippen LogP contribution in [0.25, 0.3) is 0 Å². The van der Waals surface area contributed by atoms with E-state index in [2.05, 4.69) is 15.3 Å². The molecular weight excluding hydrogens is 416 g/mol. The average molecular weight is 437 g/mol. The van der Waals surface area contributed by atoms with Crippen LogP contribution in [0.3, 0.4) is 0 Å². The molecule has 6 nitrogen and oxygen atoms in total. The van der Waals surface area contributed by atoms with E-state index in [1.165, 1.54) is 13.3 Å². The summed E-state index contributed by atoms with van der Waals surface area (Å²) < 4.78 is 10.5. The van der Waals surface area contributed by atoms with Gasteiger partial charge in [0.2, 0.25) is 0 Å². The topological polar surface area (TPSA) is 77.0 Å². The van der Waals surface area contributed by atoms with Crippen LogP contribution in [0, 0.1) is 6.92 Å². The molecule has 0 unspecified atom stereocenters. The summed E-state index contributed by atoms with van der Waals surface area (Å²) in [5.74, 6) is -0.117. The second kappa shape index (κ2) is 10.4. The molecule has 0 saturated carbocycles. The molecule has 0 aliphatic rings. The van der Waals surface area contributed by atoms with Crippen LogP contribution in [0.15, 0.2) is 71.8 Å². The van der Waals surface area contributed by atoms with Gasteiger partial charge in [0.05, 0.1) is 29.5 Å². The van der Waals surface area contributed by atoms with Crippen LogP contribution in [0.4, 0.5) is 0 Å². The highest BCUT2D eigenvalue weighted by molar-refractivity contribution is 6.33. The van der Waals surface area contributed by atoms with Crippen LogP contribution >= 0.6 is 11.6 Å². The van der Waals surface area contributed by atoms with Crippen LogP contribution < -0.4 is 10.2 Å². The number of hydrogen-bond donors (Lipinski definition) is 1. The Kier molecular flexibility index (Phi) is 7.40. The van der Waals surface area contributed by atoms with Gasteiger partial charge in [-0.15, -0.1) is 0 Å². The molecule has 1 amide bonds. The minimum absolute atomic E-state index is 0.338. The number of rotatable bonds is 7. The van der Waals surface area contributed by atoms with E-state index in [1.807, 2.05) is 43.3 Å². The molecule has 31 heavy (non-hydrogen) atoms. The molecule has 0 aliphatic carbocycles. The van der Waals surface area contributed by atoms with Crippen molar-refractivity contribution >= 4 is 29.7 Å². The number of hydrogen-bond acceptors (Lipinski definition) is 5. The van der Waals surface area contributed by atoms with Crippen molar-refractivity contribution in [3.63, 3.8) is 0 Å². The fraction of sp³-hybridized carbons (Fsp3) is 0.125. The Morgan fingerprint density at radius 3 is 2.55 bits per heavy atom. The van der Waals surface area contributed by atoms with Gasteiger partial charge in [-0.3, -0.25) is 4.79 Å². The summed E-state index contributed by atoms with van der Waals surface area (Å²) in [6.07, 6.45) is 1.53. The van der Waals surface area contributed by atoms with Gasteiger partial charge in [0.15, 0.2) is 0 Å². The summed E-state index contributed by atoms with van der Waals surface area (Å²) in [6, 6.07) is 19.5. The van der Waals surface area contributed by atoms with E-state index in [0.717, 1.165) is 16.7 Å². The molecule has 0 spiro atoms. The first-order valence-corrected chi connectivity index (χ1v) is 9.84. The highest BCUT2D eigenvalue weighted by Gasteiger charge is 2.09. The summed E-state index contributed by atoms with van der Waals surface area (Å²) in [6.45, 7) is 2.24. The number of ether oxygens (including phenoxy) is 2. The largest absolute Gasteiger partial charge is 0.489 e. The Hall–Kier alpha value is -3.64. The van der Waals surface area contributed by atoms with Crippen molar-refractivity contribution in [3.8, 4) is 5.75 Å². The second-order valence-corrected chi connectivity index (χ2v) is 7.14. The number of halogens is 1. The van der Waals surface area contributed by atoms with E-state index in [9.17, 15) is 9.59 Å². The summed E-state index contributed by atoms with van der Waals surface area (Å²) >= 11 is 6.11. The Morgan fingerprint density at radius 1 is 1.06 bits per heavy atom. The van der Waals surface area contributed by atoms with Crippen LogP contribution in [-0.2, 0) is 11.3 Å². The summed E-state index contributed by atoms with van der Waals surface area (Å²) in [5.41, 5.74) is 5.96.